The van der Waals surface area contributed by atoms with Gasteiger partial charge in [0.2, 0.25) is 0 Å². The number of rotatable bonds is 7. The second-order valence-electron chi connectivity index (χ2n) is 9.63. The van der Waals surface area contributed by atoms with E-state index in [4.69, 9.17) is 4.74 Å². The SMILES string of the molecule is CC(C)Oc1ccc(C2/C(=C(/O)c3cccc4ccccc34)C(=O)C(=O)N2CCc2ccc(F)cc2)cc1. The highest BCUT2D eigenvalue weighted by molar-refractivity contribution is 6.46. The fraction of sp³-hybridized carbons (Fsp3) is 0.188. The number of aliphatic hydroxyl groups excluding tert-OH is 1. The van der Waals surface area contributed by atoms with Crippen molar-refractivity contribution in [3.05, 3.63) is 119 Å². The lowest BCUT2D eigenvalue weighted by molar-refractivity contribution is -0.139. The minimum Gasteiger partial charge on any atom is -0.507 e. The van der Waals surface area contributed by atoms with Crippen LogP contribution < -0.4 is 4.74 Å². The van der Waals surface area contributed by atoms with Gasteiger partial charge in [0.05, 0.1) is 17.7 Å². The number of carbonyl (C=O) groups is 2. The van der Waals surface area contributed by atoms with Crippen molar-refractivity contribution in [2.24, 2.45) is 0 Å². The molecule has 1 heterocycles. The van der Waals surface area contributed by atoms with E-state index in [1.54, 1.807) is 30.3 Å². The molecule has 1 unspecified atom stereocenters. The molecular formula is C32H28FNO4. The van der Waals surface area contributed by atoms with E-state index in [1.807, 2.05) is 62.4 Å². The molecule has 0 aromatic heterocycles. The van der Waals surface area contributed by atoms with Gasteiger partial charge in [0.1, 0.15) is 17.3 Å². The zero-order chi connectivity index (χ0) is 26.8. The van der Waals surface area contributed by atoms with Gasteiger partial charge in [-0.3, -0.25) is 9.59 Å². The van der Waals surface area contributed by atoms with Crippen LogP contribution in [0.1, 0.15) is 36.6 Å². The van der Waals surface area contributed by atoms with Crippen molar-refractivity contribution in [1.82, 2.24) is 4.90 Å². The Labute approximate surface area is 220 Å². The summed E-state index contributed by atoms with van der Waals surface area (Å²) in [7, 11) is 0. The zero-order valence-electron chi connectivity index (χ0n) is 21.2. The van der Waals surface area contributed by atoms with Crippen molar-refractivity contribution in [1.29, 1.82) is 0 Å². The van der Waals surface area contributed by atoms with E-state index in [1.165, 1.54) is 17.0 Å². The number of ether oxygens (including phenoxy) is 1. The maximum atomic E-state index is 13.4. The van der Waals surface area contributed by atoms with Crippen LogP contribution in [0.3, 0.4) is 0 Å². The van der Waals surface area contributed by atoms with Crippen LogP contribution in [0.5, 0.6) is 5.75 Å². The molecule has 192 valence electrons. The van der Waals surface area contributed by atoms with Gasteiger partial charge in [-0.1, -0.05) is 66.7 Å². The van der Waals surface area contributed by atoms with E-state index in [-0.39, 0.29) is 29.8 Å². The van der Waals surface area contributed by atoms with E-state index >= 15 is 0 Å². The summed E-state index contributed by atoms with van der Waals surface area (Å²) in [4.78, 5) is 28.3. The third-order valence-electron chi connectivity index (χ3n) is 6.71. The molecular weight excluding hydrogens is 481 g/mol. The molecule has 6 heteroatoms. The molecule has 1 aliphatic heterocycles. The number of hydrogen-bond donors (Lipinski definition) is 1. The molecule has 1 aliphatic rings. The molecule has 0 spiro atoms. The first kappa shape index (κ1) is 25.2. The number of aliphatic hydroxyl groups is 1. The fourth-order valence-electron chi connectivity index (χ4n) is 4.94. The molecule has 0 aliphatic carbocycles. The number of benzene rings is 4. The highest BCUT2D eigenvalue weighted by atomic mass is 19.1. The highest BCUT2D eigenvalue weighted by Crippen LogP contribution is 2.41. The molecule has 1 amide bonds. The Bertz CT molecular complexity index is 1520. The van der Waals surface area contributed by atoms with E-state index in [0.29, 0.717) is 23.3 Å². The molecule has 1 fully saturated rings. The number of nitrogens with zero attached hydrogens (tertiary/aromatic N) is 1. The van der Waals surface area contributed by atoms with Crippen LogP contribution in [-0.4, -0.2) is 34.3 Å². The Morgan fingerprint density at radius 2 is 1.61 bits per heavy atom. The molecule has 1 N–H and O–H groups in total. The van der Waals surface area contributed by atoms with Gasteiger partial charge >= 0.3 is 0 Å². The van der Waals surface area contributed by atoms with Crippen molar-refractivity contribution in [3.63, 3.8) is 0 Å². The lowest BCUT2D eigenvalue weighted by atomic mass is 9.93. The van der Waals surface area contributed by atoms with Crippen molar-refractivity contribution in [2.75, 3.05) is 6.54 Å². The van der Waals surface area contributed by atoms with Crippen LogP contribution in [0, 0.1) is 5.82 Å². The summed E-state index contributed by atoms with van der Waals surface area (Å²) in [6.45, 7) is 4.09. The first-order valence-corrected chi connectivity index (χ1v) is 12.6. The second kappa shape index (κ2) is 10.5. The van der Waals surface area contributed by atoms with Crippen molar-refractivity contribution < 1.29 is 23.8 Å². The average molecular weight is 510 g/mol. The van der Waals surface area contributed by atoms with Crippen LogP contribution in [0.4, 0.5) is 4.39 Å². The van der Waals surface area contributed by atoms with Gasteiger partial charge in [-0.25, -0.2) is 4.39 Å². The van der Waals surface area contributed by atoms with Crippen LogP contribution in [0.2, 0.25) is 0 Å². The number of likely N-dealkylation sites (tertiary alicyclic amines) is 1. The number of hydrogen-bond acceptors (Lipinski definition) is 4. The summed E-state index contributed by atoms with van der Waals surface area (Å²) in [5.74, 6) is -1.30. The van der Waals surface area contributed by atoms with Crippen LogP contribution in [-0.2, 0) is 16.0 Å². The molecule has 4 aromatic carbocycles. The molecule has 0 saturated carbocycles. The topological polar surface area (TPSA) is 66.8 Å². The zero-order valence-corrected chi connectivity index (χ0v) is 21.2. The third-order valence-corrected chi connectivity index (χ3v) is 6.71. The summed E-state index contributed by atoms with van der Waals surface area (Å²) in [5, 5.41) is 13.3. The van der Waals surface area contributed by atoms with Crippen LogP contribution >= 0.6 is 0 Å². The number of amides is 1. The van der Waals surface area contributed by atoms with E-state index in [2.05, 4.69) is 0 Å². The third kappa shape index (κ3) is 4.90. The number of halogens is 1. The van der Waals surface area contributed by atoms with E-state index < -0.39 is 17.7 Å². The second-order valence-corrected chi connectivity index (χ2v) is 9.63. The lowest BCUT2D eigenvalue weighted by Gasteiger charge is -2.26. The average Bonchev–Trinajstić information content (AvgIpc) is 3.17. The Morgan fingerprint density at radius 1 is 0.921 bits per heavy atom. The minimum absolute atomic E-state index is 0.00597. The van der Waals surface area contributed by atoms with Gasteiger partial charge in [-0.15, -0.1) is 0 Å². The van der Waals surface area contributed by atoms with Gasteiger partial charge in [0.15, 0.2) is 0 Å². The summed E-state index contributed by atoms with van der Waals surface area (Å²) in [5.41, 5.74) is 2.05. The smallest absolute Gasteiger partial charge is 0.295 e. The summed E-state index contributed by atoms with van der Waals surface area (Å²) in [6.07, 6.45) is 0.417. The lowest BCUT2D eigenvalue weighted by Crippen LogP contribution is -2.31. The first-order chi connectivity index (χ1) is 18.3. The predicted octanol–water partition coefficient (Wildman–Crippen LogP) is 6.43. The number of fused-ring (bicyclic) bond motifs is 1. The molecule has 38 heavy (non-hydrogen) atoms. The van der Waals surface area contributed by atoms with Crippen molar-refractivity contribution in [3.8, 4) is 5.75 Å². The summed E-state index contributed by atoms with van der Waals surface area (Å²) in [6, 6.07) is 25.6. The van der Waals surface area contributed by atoms with Gasteiger partial charge in [0, 0.05) is 12.1 Å². The van der Waals surface area contributed by atoms with Crippen molar-refractivity contribution in [2.45, 2.75) is 32.4 Å². The number of carbonyl (C=O) groups excluding carboxylic acids is 2. The number of ketones is 1. The highest BCUT2D eigenvalue weighted by Gasteiger charge is 2.46. The predicted molar refractivity (Wildman–Crippen MR) is 145 cm³/mol. The monoisotopic (exact) mass is 509 g/mol. The standard InChI is InChI=1S/C32H28FNO4/c1-20(2)38-25-16-12-23(13-17-25)29-28(30(35)27-9-5-7-22-6-3-4-8-26(22)27)31(36)32(37)34(29)19-18-21-10-14-24(33)15-11-21/h3-17,20,29,35H,18-19H2,1-2H3/b30-28-. The molecule has 0 radical (unpaired) electrons. The van der Waals surface area contributed by atoms with E-state index in [0.717, 1.165) is 16.3 Å². The van der Waals surface area contributed by atoms with Gasteiger partial charge in [-0.05, 0) is 66.4 Å². The van der Waals surface area contributed by atoms with Crippen molar-refractivity contribution >= 4 is 28.2 Å². The molecule has 4 aromatic rings. The Balaban J connectivity index is 1.60. The van der Waals surface area contributed by atoms with Crippen LogP contribution in [0.15, 0.2) is 96.6 Å². The number of Topliss-reactive ketones (excluding diaryl/α,β-unsaturated/α-hetero) is 1. The fourth-order valence-corrected chi connectivity index (χ4v) is 4.94. The Hall–Kier alpha value is -4.45. The molecule has 1 saturated heterocycles. The van der Waals surface area contributed by atoms with Gasteiger partial charge in [0.25, 0.3) is 11.7 Å². The maximum absolute atomic E-state index is 13.4. The largest absolute Gasteiger partial charge is 0.507 e. The quantitative estimate of drug-likeness (QED) is 0.177. The normalized spacial score (nSPS) is 16.9. The molecule has 5 rings (SSSR count). The maximum Gasteiger partial charge on any atom is 0.295 e. The summed E-state index contributed by atoms with van der Waals surface area (Å²) >= 11 is 0. The molecule has 0 bridgehead atoms. The van der Waals surface area contributed by atoms with E-state index in [9.17, 15) is 19.1 Å². The Morgan fingerprint density at radius 3 is 2.32 bits per heavy atom. The molecule has 5 nitrogen and oxygen atoms in total. The minimum atomic E-state index is -0.789. The van der Waals surface area contributed by atoms with Gasteiger partial charge in [-0.2, -0.15) is 0 Å². The molecule has 1 atom stereocenters. The van der Waals surface area contributed by atoms with Gasteiger partial charge < -0.3 is 14.7 Å². The van der Waals surface area contributed by atoms with Crippen LogP contribution in [0.25, 0.3) is 16.5 Å². The summed E-state index contributed by atoms with van der Waals surface area (Å²) < 4.78 is 19.2. The Kier molecular flexibility index (Phi) is 6.97. The first-order valence-electron chi connectivity index (χ1n) is 12.6.